The number of nitrogens with one attached hydrogen (secondary N) is 1. The van der Waals surface area contributed by atoms with Crippen molar-refractivity contribution in [3.8, 4) is 0 Å². The second kappa shape index (κ2) is 6.12. The van der Waals surface area contributed by atoms with Gasteiger partial charge in [0, 0.05) is 30.3 Å². The third-order valence-corrected chi connectivity index (χ3v) is 3.41. The first kappa shape index (κ1) is 14.0. The molecule has 0 saturated heterocycles. The van der Waals surface area contributed by atoms with Crippen molar-refractivity contribution < 1.29 is 13.9 Å². The molecule has 4 nitrogen and oxygen atoms in total. The zero-order valence-electron chi connectivity index (χ0n) is 11.0. The van der Waals surface area contributed by atoms with Crippen molar-refractivity contribution in [1.82, 2.24) is 5.32 Å². The molecule has 0 radical (unpaired) electrons. The third-order valence-electron chi connectivity index (χ3n) is 3.41. The summed E-state index contributed by atoms with van der Waals surface area (Å²) in [6.45, 7) is 3.11. The van der Waals surface area contributed by atoms with Crippen LogP contribution in [0.15, 0.2) is 18.2 Å². The number of halogens is 1. The summed E-state index contributed by atoms with van der Waals surface area (Å²) in [4.78, 5) is 11.0. The summed E-state index contributed by atoms with van der Waals surface area (Å²) < 4.78 is 19.0. The predicted octanol–water partition coefficient (Wildman–Crippen LogP) is 1.58. The van der Waals surface area contributed by atoms with Crippen LogP contribution >= 0.6 is 0 Å². The van der Waals surface area contributed by atoms with Crippen molar-refractivity contribution in [1.29, 1.82) is 0 Å². The largest absolute Gasteiger partial charge is 0.378 e. The first-order valence-electron chi connectivity index (χ1n) is 6.53. The molecule has 1 amide bonds. The Kier molecular flexibility index (Phi) is 4.50. The Morgan fingerprint density at radius 2 is 2.26 bits per heavy atom. The normalized spacial score (nSPS) is 22.0. The molecule has 0 spiro atoms. The number of carbonyl (C=O) groups excluding carboxylic acids is 1. The van der Waals surface area contributed by atoms with E-state index in [0.29, 0.717) is 29.8 Å². The van der Waals surface area contributed by atoms with Gasteiger partial charge in [0.1, 0.15) is 5.82 Å². The van der Waals surface area contributed by atoms with Gasteiger partial charge >= 0.3 is 0 Å². The number of amides is 1. The van der Waals surface area contributed by atoms with E-state index in [9.17, 15) is 9.18 Å². The maximum absolute atomic E-state index is 13.6. The zero-order chi connectivity index (χ0) is 13.8. The highest BCUT2D eigenvalue weighted by Gasteiger charge is 2.29. The molecule has 5 heteroatoms. The molecule has 0 heterocycles. The molecule has 1 fully saturated rings. The minimum atomic E-state index is -0.540. The van der Waals surface area contributed by atoms with Gasteiger partial charge in [0.25, 0.3) is 0 Å². The predicted molar refractivity (Wildman–Crippen MR) is 70.2 cm³/mol. The average molecular weight is 266 g/mol. The second-order valence-electron chi connectivity index (χ2n) is 4.80. The number of hydrogen-bond donors (Lipinski definition) is 2. The van der Waals surface area contributed by atoms with E-state index in [0.717, 1.165) is 19.4 Å². The van der Waals surface area contributed by atoms with Gasteiger partial charge in [-0.25, -0.2) is 4.39 Å². The van der Waals surface area contributed by atoms with Gasteiger partial charge < -0.3 is 15.8 Å². The van der Waals surface area contributed by atoms with Crippen molar-refractivity contribution >= 4 is 5.91 Å². The number of benzene rings is 1. The molecular weight excluding hydrogens is 247 g/mol. The van der Waals surface area contributed by atoms with Crippen LogP contribution < -0.4 is 11.1 Å². The molecule has 0 aliphatic heterocycles. The first-order chi connectivity index (χ1) is 9.10. The number of carbonyl (C=O) groups is 1. The summed E-state index contributed by atoms with van der Waals surface area (Å²) in [7, 11) is 0. The van der Waals surface area contributed by atoms with Gasteiger partial charge in [0.15, 0.2) is 0 Å². The van der Waals surface area contributed by atoms with Crippen LogP contribution in [0, 0.1) is 5.82 Å². The maximum Gasteiger partial charge on any atom is 0.248 e. The van der Waals surface area contributed by atoms with E-state index in [2.05, 4.69) is 5.32 Å². The van der Waals surface area contributed by atoms with Crippen molar-refractivity contribution in [3.05, 3.63) is 35.1 Å². The summed E-state index contributed by atoms with van der Waals surface area (Å²) in [6, 6.07) is 4.54. The summed E-state index contributed by atoms with van der Waals surface area (Å²) in [5, 5.41) is 3.26. The fourth-order valence-corrected chi connectivity index (χ4v) is 2.22. The van der Waals surface area contributed by atoms with E-state index >= 15 is 0 Å². The number of primary amides is 1. The van der Waals surface area contributed by atoms with Gasteiger partial charge in [-0.2, -0.15) is 0 Å². The lowest BCUT2D eigenvalue weighted by Crippen LogP contribution is -2.45. The molecule has 104 valence electrons. The lowest BCUT2D eigenvalue weighted by atomic mass is 9.89. The van der Waals surface area contributed by atoms with Crippen LogP contribution in [0.5, 0.6) is 0 Å². The minimum absolute atomic E-state index is 0.321. The van der Waals surface area contributed by atoms with E-state index in [1.165, 1.54) is 18.2 Å². The molecular formula is C14H19FN2O2. The molecule has 0 atom stereocenters. The number of hydrogen-bond acceptors (Lipinski definition) is 3. The standard InChI is InChI=1S/C14H19FN2O2/c1-2-19-12-6-11(7-12)17-8-10-5-9(14(16)18)3-4-13(10)15/h3-5,11-12,17H,2,6-8H2,1H3,(H2,16,18). The third kappa shape index (κ3) is 3.52. The molecule has 1 aromatic carbocycles. The van der Waals surface area contributed by atoms with Gasteiger partial charge in [-0.3, -0.25) is 4.79 Å². The van der Waals surface area contributed by atoms with Gasteiger partial charge in [-0.1, -0.05) is 0 Å². The molecule has 1 aliphatic carbocycles. The first-order valence-corrected chi connectivity index (χ1v) is 6.53. The topological polar surface area (TPSA) is 64.3 Å². The highest BCUT2D eigenvalue weighted by atomic mass is 19.1. The zero-order valence-corrected chi connectivity index (χ0v) is 11.0. The van der Waals surface area contributed by atoms with Gasteiger partial charge in [0.2, 0.25) is 5.91 Å². The van der Waals surface area contributed by atoms with E-state index in [1.807, 2.05) is 6.92 Å². The number of nitrogens with two attached hydrogens (primary N) is 1. The van der Waals surface area contributed by atoms with Crippen molar-refractivity contribution in [2.24, 2.45) is 5.73 Å². The van der Waals surface area contributed by atoms with Crippen molar-refractivity contribution in [3.63, 3.8) is 0 Å². The summed E-state index contributed by atoms with van der Waals surface area (Å²) >= 11 is 0. The summed E-state index contributed by atoms with van der Waals surface area (Å²) in [6.07, 6.45) is 2.22. The van der Waals surface area contributed by atoms with Gasteiger partial charge in [-0.15, -0.1) is 0 Å². The second-order valence-corrected chi connectivity index (χ2v) is 4.80. The fourth-order valence-electron chi connectivity index (χ4n) is 2.22. The minimum Gasteiger partial charge on any atom is -0.378 e. The highest BCUT2D eigenvalue weighted by molar-refractivity contribution is 5.92. The van der Waals surface area contributed by atoms with Crippen LogP contribution in [0.2, 0.25) is 0 Å². The quantitative estimate of drug-likeness (QED) is 0.821. The van der Waals surface area contributed by atoms with E-state index in [4.69, 9.17) is 10.5 Å². The maximum atomic E-state index is 13.6. The molecule has 1 aliphatic rings. The van der Waals surface area contributed by atoms with Crippen LogP contribution in [-0.4, -0.2) is 24.7 Å². The van der Waals surface area contributed by atoms with E-state index in [1.54, 1.807) is 0 Å². The smallest absolute Gasteiger partial charge is 0.248 e. The molecule has 0 bridgehead atoms. The van der Waals surface area contributed by atoms with Gasteiger partial charge in [0.05, 0.1) is 6.10 Å². The van der Waals surface area contributed by atoms with Crippen LogP contribution in [0.25, 0.3) is 0 Å². The molecule has 1 saturated carbocycles. The Morgan fingerprint density at radius 1 is 1.53 bits per heavy atom. The Bertz CT molecular complexity index is 459. The molecule has 2 rings (SSSR count). The molecule has 0 aromatic heterocycles. The van der Waals surface area contributed by atoms with Crippen LogP contribution in [0.4, 0.5) is 4.39 Å². The summed E-state index contributed by atoms with van der Waals surface area (Å²) in [5.74, 6) is -0.862. The average Bonchev–Trinajstić information content (AvgIpc) is 2.33. The Morgan fingerprint density at radius 3 is 2.89 bits per heavy atom. The molecule has 0 unspecified atom stereocenters. The van der Waals surface area contributed by atoms with Crippen LogP contribution in [-0.2, 0) is 11.3 Å². The molecule has 19 heavy (non-hydrogen) atoms. The van der Waals surface area contributed by atoms with Crippen LogP contribution in [0.3, 0.4) is 0 Å². The van der Waals surface area contributed by atoms with E-state index < -0.39 is 5.91 Å². The van der Waals surface area contributed by atoms with Crippen molar-refractivity contribution in [2.75, 3.05) is 6.61 Å². The molecule has 3 N–H and O–H groups in total. The number of ether oxygens (including phenoxy) is 1. The Hall–Kier alpha value is -1.46. The molecule has 1 aromatic rings. The Labute approximate surface area is 112 Å². The Balaban J connectivity index is 1.86. The lowest BCUT2D eigenvalue weighted by Gasteiger charge is -2.35. The van der Waals surface area contributed by atoms with Gasteiger partial charge in [-0.05, 0) is 38.0 Å². The SMILES string of the molecule is CCOC1CC(NCc2cc(C(N)=O)ccc2F)C1. The summed E-state index contributed by atoms with van der Waals surface area (Å²) in [5.41, 5.74) is 5.98. The lowest BCUT2D eigenvalue weighted by molar-refractivity contribution is -0.0102. The van der Waals surface area contributed by atoms with Crippen LogP contribution in [0.1, 0.15) is 35.7 Å². The number of rotatable bonds is 6. The highest BCUT2D eigenvalue weighted by Crippen LogP contribution is 2.23. The fraction of sp³-hybridized carbons (Fsp3) is 0.500. The monoisotopic (exact) mass is 266 g/mol. The van der Waals surface area contributed by atoms with Crippen molar-refractivity contribution in [2.45, 2.75) is 38.5 Å². The van der Waals surface area contributed by atoms with E-state index in [-0.39, 0.29) is 5.82 Å².